The summed E-state index contributed by atoms with van der Waals surface area (Å²) in [6.45, 7) is 6.46. The second-order valence-corrected chi connectivity index (χ2v) is 3.89. The Balaban J connectivity index is 2.31. The van der Waals surface area contributed by atoms with Crippen molar-refractivity contribution in [3.05, 3.63) is 18.0 Å². The number of ether oxygens (including phenoxy) is 1. The van der Waals surface area contributed by atoms with E-state index in [0.29, 0.717) is 0 Å². The summed E-state index contributed by atoms with van der Waals surface area (Å²) >= 11 is 0. The third-order valence-corrected chi connectivity index (χ3v) is 2.46. The van der Waals surface area contributed by atoms with Crippen LogP contribution >= 0.6 is 0 Å². The number of aromatic nitrogens is 2. The highest BCUT2D eigenvalue weighted by Crippen LogP contribution is 2.17. The first-order valence-corrected chi connectivity index (χ1v) is 6.06. The number of nitrogens with zero attached hydrogens (tertiary/aromatic N) is 2. The third kappa shape index (κ3) is 4.33. The summed E-state index contributed by atoms with van der Waals surface area (Å²) in [5.74, 6) is 0. The Kier molecular flexibility index (Phi) is 6.11. The number of hydrogen-bond acceptors (Lipinski definition) is 3. The van der Waals surface area contributed by atoms with Crippen molar-refractivity contribution in [2.45, 2.75) is 45.8 Å². The second kappa shape index (κ2) is 7.41. The molecule has 1 rings (SSSR count). The van der Waals surface area contributed by atoms with Gasteiger partial charge in [0.15, 0.2) is 0 Å². The molecule has 92 valence electrons. The molecule has 0 bridgehead atoms. The molecule has 1 aromatic heterocycles. The SMILES string of the molecule is CCCn1cc(C(O)CCCOCC)cn1. The van der Waals surface area contributed by atoms with Gasteiger partial charge in [0.1, 0.15) is 0 Å². The quantitative estimate of drug-likeness (QED) is 0.691. The smallest absolute Gasteiger partial charge is 0.0821 e. The van der Waals surface area contributed by atoms with E-state index >= 15 is 0 Å². The molecule has 1 unspecified atom stereocenters. The second-order valence-electron chi connectivity index (χ2n) is 3.89. The van der Waals surface area contributed by atoms with Crippen LogP contribution in [0.1, 0.15) is 44.8 Å². The Morgan fingerprint density at radius 2 is 2.31 bits per heavy atom. The van der Waals surface area contributed by atoms with Crippen molar-refractivity contribution in [3.8, 4) is 0 Å². The van der Waals surface area contributed by atoms with Gasteiger partial charge in [-0.15, -0.1) is 0 Å². The lowest BCUT2D eigenvalue weighted by Gasteiger charge is -2.07. The van der Waals surface area contributed by atoms with Crippen LogP contribution < -0.4 is 0 Å². The Hall–Kier alpha value is -0.870. The Morgan fingerprint density at radius 3 is 3.00 bits per heavy atom. The van der Waals surface area contributed by atoms with Gasteiger partial charge in [0.25, 0.3) is 0 Å². The van der Waals surface area contributed by atoms with Gasteiger partial charge in [-0.2, -0.15) is 5.10 Å². The summed E-state index contributed by atoms with van der Waals surface area (Å²) in [4.78, 5) is 0. The first kappa shape index (κ1) is 13.2. The molecule has 0 fully saturated rings. The fraction of sp³-hybridized carbons (Fsp3) is 0.750. The van der Waals surface area contributed by atoms with Crippen molar-refractivity contribution in [2.24, 2.45) is 0 Å². The lowest BCUT2D eigenvalue weighted by molar-refractivity contribution is 0.114. The largest absolute Gasteiger partial charge is 0.388 e. The highest BCUT2D eigenvalue weighted by atomic mass is 16.5. The fourth-order valence-corrected chi connectivity index (χ4v) is 1.59. The number of aliphatic hydroxyl groups excluding tert-OH is 1. The van der Waals surface area contributed by atoms with Crippen LogP contribution in [0.5, 0.6) is 0 Å². The van der Waals surface area contributed by atoms with Crippen LogP contribution in [0, 0.1) is 0 Å². The zero-order chi connectivity index (χ0) is 11.8. The highest BCUT2D eigenvalue weighted by molar-refractivity contribution is 5.07. The lowest BCUT2D eigenvalue weighted by atomic mass is 10.1. The maximum atomic E-state index is 9.89. The molecule has 1 atom stereocenters. The van der Waals surface area contributed by atoms with Gasteiger partial charge in [0.2, 0.25) is 0 Å². The van der Waals surface area contributed by atoms with Crippen LogP contribution in [0.4, 0.5) is 0 Å². The third-order valence-electron chi connectivity index (χ3n) is 2.46. The van der Waals surface area contributed by atoms with Crippen LogP contribution in [-0.2, 0) is 11.3 Å². The topological polar surface area (TPSA) is 47.3 Å². The monoisotopic (exact) mass is 226 g/mol. The van der Waals surface area contributed by atoms with Crippen molar-refractivity contribution in [2.75, 3.05) is 13.2 Å². The molecule has 0 aliphatic carbocycles. The summed E-state index contributed by atoms with van der Waals surface area (Å²) in [6, 6.07) is 0. The van der Waals surface area contributed by atoms with Crippen molar-refractivity contribution in [3.63, 3.8) is 0 Å². The van der Waals surface area contributed by atoms with Crippen LogP contribution in [-0.4, -0.2) is 28.1 Å². The molecule has 0 spiro atoms. The van der Waals surface area contributed by atoms with Gasteiger partial charge < -0.3 is 9.84 Å². The van der Waals surface area contributed by atoms with E-state index in [1.54, 1.807) is 6.20 Å². The van der Waals surface area contributed by atoms with Crippen molar-refractivity contribution < 1.29 is 9.84 Å². The molecule has 1 heterocycles. The maximum Gasteiger partial charge on any atom is 0.0821 e. The fourth-order valence-electron chi connectivity index (χ4n) is 1.59. The molecule has 0 aromatic carbocycles. The minimum atomic E-state index is -0.411. The minimum absolute atomic E-state index is 0.411. The van der Waals surface area contributed by atoms with E-state index in [9.17, 15) is 5.11 Å². The molecule has 4 nitrogen and oxygen atoms in total. The molecular weight excluding hydrogens is 204 g/mol. The predicted octanol–water partition coefficient (Wildman–Crippen LogP) is 2.14. The zero-order valence-electron chi connectivity index (χ0n) is 10.2. The molecule has 0 radical (unpaired) electrons. The van der Waals surface area contributed by atoms with Crippen molar-refractivity contribution >= 4 is 0 Å². The predicted molar refractivity (Wildman–Crippen MR) is 63.2 cm³/mol. The van der Waals surface area contributed by atoms with Gasteiger partial charge in [-0.1, -0.05) is 6.92 Å². The number of rotatable bonds is 8. The van der Waals surface area contributed by atoms with Crippen LogP contribution in [0.15, 0.2) is 12.4 Å². The van der Waals surface area contributed by atoms with E-state index in [1.165, 1.54) is 0 Å². The molecule has 4 heteroatoms. The van der Waals surface area contributed by atoms with Gasteiger partial charge in [-0.25, -0.2) is 0 Å². The first-order chi connectivity index (χ1) is 7.77. The van der Waals surface area contributed by atoms with E-state index in [0.717, 1.165) is 44.6 Å². The van der Waals surface area contributed by atoms with Crippen molar-refractivity contribution in [1.82, 2.24) is 9.78 Å². The summed E-state index contributed by atoms with van der Waals surface area (Å²) < 4.78 is 7.11. The van der Waals surface area contributed by atoms with E-state index in [2.05, 4.69) is 12.0 Å². The van der Waals surface area contributed by atoms with Gasteiger partial charge >= 0.3 is 0 Å². The van der Waals surface area contributed by atoms with E-state index in [4.69, 9.17) is 4.74 Å². The van der Waals surface area contributed by atoms with Gasteiger partial charge in [0, 0.05) is 31.5 Å². The molecule has 16 heavy (non-hydrogen) atoms. The minimum Gasteiger partial charge on any atom is -0.388 e. The molecule has 0 aliphatic heterocycles. The molecule has 1 aromatic rings. The van der Waals surface area contributed by atoms with Crippen LogP contribution in [0.3, 0.4) is 0 Å². The molecule has 0 aliphatic rings. The lowest BCUT2D eigenvalue weighted by Crippen LogP contribution is -2.00. The summed E-state index contributed by atoms with van der Waals surface area (Å²) in [5.41, 5.74) is 0.907. The normalized spacial score (nSPS) is 12.9. The van der Waals surface area contributed by atoms with Gasteiger partial charge in [-0.3, -0.25) is 4.68 Å². The van der Waals surface area contributed by atoms with Crippen LogP contribution in [0.2, 0.25) is 0 Å². The van der Waals surface area contributed by atoms with E-state index in [1.807, 2.05) is 17.8 Å². The van der Waals surface area contributed by atoms with Gasteiger partial charge in [-0.05, 0) is 26.2 Å². The van der Waals surface area contributed by atoms with Crippen LogP contribution in [0.25, 0.3) is 0 Å². The van der Waals surface area contributed by atoms with E-state index < -0.39 is 6.10 Å². The molecule has 0 saturated carbocycles. The summed E-state index contributed by atoms with van der Waals surface area (Å²) in [7, 11) is 0. The average Bonchev–Trinajstić information content (AvgIpc) is 2.73. The Bertz CT molecular complexity index is 286. The zero-order valence-corrected chi connectivity index (χ0v) is 10.2. The number of aryl methyl sites for hydroxylation is 1. The summed E-state index contributed by atoms with van der Waals surface area (Å²) in [6.07, 6.45) is 5.94. The molecule has 0 amide bonds. The summed E-state index contributed by atoms with van der Waals surface area (Å²) in [5, 5.41) is 14.1. The molecular formula is C12H22N2O2. The van der Waals surface area contributed by atoms with Gasteiger partial charge in [0.05, 0.1) is 12.3 Å². The molecule has 1 N–H and O–H groups in total. The number of aliphatic hydroxyl groups is 1. The number of hydrogen-bond donors (Lipinski definition) is 1. The Morgan fingerprint density at radius 1 is 1.50 bits per heavy atom. The highest BCUT2D eigenvalue weighted by Gasteiger charge is 2.09. The maximum absolute atomic E-state index is 9.89. The molecule has 0 saturated heterocycles. The average molecular weight is 226 g/mol. The standard InChI is InChI=1S/C12H22N2O2/c1-3-7-14-10-11(9-13-14)12(15)6-5-8-16-4-2/h9-10,12,15H,3-8H2,1-2H3. The Labute approximate surface area is 97.2 Å². The van der Waals surface area contributed by atoms with E-state index in [-0.39, 0.29) is 0 Å². The van der Waals surface area contributed by atoms with Crippen molar-refractivity contribution in [1.29, 1.82) is 0 Å². The first-order valence-electron chi connectivity index (χ1n) is 6.06.